The van der Waals surface area contributed by atoms with E-state index in [2.05, 4.69) is 0 Å². The van der Waals surface area contributed by atoms with Crippen LogP contribution in [-0.2, 0) is 0 Å². The molecule has 1 aliphatic rings. The molecule has 108 valence electrons. The molecule has 0 aromatic heterocycles. The predicted molar refractivity (Wildman–Crippen MR) is 73.3 cm³/mol. The standard InChI is InChI=1S/C13H17N3O4/c14-11-6-3-5-10(12(11)16(19)20)13(18)15-7-2-1-4-9(15)8-17/h3,5-6,9,17H,1-2,4,7-8,14H2. The van der Waals surface area contributed by atoms with Gasteiger partial charge in [0.1, 0.15) is 11.3 Å². The van der Waals surface area contributed by atoms with Gasteiger partial charge in [0.05, 0.1) is 17.6 Å². The van der Waals surface area contributed by atoms with Crippen LogP contribution in [0.5, 0.6) is 0 Å². The number of piperidine rings is 1. The van der Waals surface area contributed by atoms with E-state index in [0.29, 0.717) is 13.0 Å². The number of hydrogen-bond donors (Lipinski definition) is 2. The van der Waals surface area contributed by atoms with Crippen molar-refractivity contribution in [2.24, 2.45) is 0 Å². The second-order valence-electron chi connectivity index (χ2n) is 4.83. The Bertz CT molecular complexity index is 532. The number of amides is 1. The van der Waals surface area contributed by atoms with Crippen molar-refractivity contribution in [2.75, 3.05) is 18.9 Å². The van der Waals surface area contributed by atoms with Gasteiger partial charge in [-0.2, -0.15) is 0 Å². The Balaban J connectivity index is 2.38. The predicted octanol–water partition coefficient (Wildman–Crippen LogP) is 1.16. The van der Waals surface area contributed by atoms with Gasteiger partial charge in [-0.1, -0.05) is 6.07 Å². The summed E-state index contributed by atoms with van der Waals surface area (Å²) < 4.78 is 0. The Morgan fingerprint density at radius 1 is 1.50 bits per heavy atom. The fourth-order valence-electron chi connectivity index (χ4n) is 2.55. The molecule has 1 atom stereocenters. The molecule has 0 spiro atoms. The third-order valence-electron chi connectivity index (χ3n) is 3.58. The van der Waals surface area contributed by atoms with Gasteiger partial charge in [-0.3, -0.25) is 14.9 Å². The molecule has 7 nitrogen and oxygen atoms in total. The molecular weight excluding hydrogens is 262 g/mol. The van der Waals surface area contributed by atoms with Crippen molar-refractivity contribution in [2.45, 2.75) is 25.3 Å². The molecule has 1 unspecified atom stereocenters. The highest BCUT2D eigenvalue weighted by Crippen LogP contribution is 2.29. The van der Waals surface area contributed by atoms with Gasteiger partial charge in [-0.25, -0.2) is 0 Å². The molecule has 7 heteroatoms. The Morgan fingerprint density at radius 2 is 2.25 bits per heavy atom. The zero-order valence-electron chi connectivity index (χ0n) is 11.0. The maximum Gasteiger partial charge on any atom is 0.304 e. The highest BCUT2D eigenvalue weighted by molar-refractivity contribution is 6.00. The largest absolute Gasteiger partial charge is 0.394 e. The molecule has 1 aromatic carbocycles. The smallest absolute Gasteiger partial charge is 0.304 e. The SMILES string of the molecule is Nc1cccc(C(=O)N2CCCCC2CO)c1[N+](=O)[O-]. The monoisotopic (exact) mass is 279 g/mol. The molecular formula is C13H17N3O4. The van der Waals surface area contributed by atoms with Crippen molar-refractivity contribution in [3.05, 3.63) is 33.9 Å². The van der Waals surface area contributed by atoms with Gasteiger partial charge in [0.25, 0.3) is 5.91 Å². The van der Waals surface area contributed by atoms with Crippen molar-refractivity contribution >= 4 is 17.3 Å². The molecule has 1 fully saturated rings. The highest BCUT2D eigenvalue weighted by atomic mass is 16.6. The topological polar surface area (TPSA) is 110 Å². The molecule has 2 rings (SSSR count). The summed E-state index contributed by atoms with van der Waals surface area (Å²) in [5, 5.41) is 20.4. The van der Waals surface area contributed by atoms with Crippen LogP contribution < -0.4 is 5.73 Å². The first-order chi connectivity index (χ1) is 9.56. The number of likely N-dealkylation sites (tertiary alicyclic amines) is 1. The van der Waals surface area contributed by atoms with E-state index in [1.54, 1.807) is 0 Å². The molecule has 0 aliphatic carbocycles. The highest BCUT2D eigenvalue weighted by Gasteiger charge is 2.31. The number of nitrogen functional groups attached to an aromatic ring is 1. The minimum absolute atomic E-state index is 0.0182. The number of para-hydroxylation sites is 1. The average Bonchev–Trinajstić information content (AvgIpc) is 2.45. The van der Waals surface area contributed by atoms with Crippen LogP contribution in [0.4, 0.5) is 11.4 Å². The number of rotatable bonds is 3. The van der Waals surface area contributed by atoms with Crippen LogP contribution in [0.3, 0.4) is 0 Å². The molecule has 1 saturated heterocycles. The summed E-state index contributed by atoms with van der Waals surface area (Å²) in [4.78, 5) is 24.5. The quantitative estimate of drug-likeness (QED) is 0.490. The fourth-order valence-corrected chi connectivity index (χ4v) is 2.55. The van der Waals surface area contributed by atoms with Crippen LogP contribution >= 0.6 is 0 Å². The maximum absolute atomic E-state index is 12.5. The molecule has 1 amide bonds. The lowest BCUT2D eigenvalue weighted by atomic mass is 10.0. The van der Waals surface area contributed by atoms with Crippen LogP contribution in [-0.4, -0.2) is 40.0 Å². The third-order valence-corrected chi connectivity index (χ3v) is 3.58. The number of anilines is 1. The minimum atomic E-state index is -0.638. The van der Waals surface area contributed by atoms with Crippen molar-refractivity contribution in [1.82, 2.24) is 4.90 Å². The summed E-state index contributed by atoms with van der Waals surface area (Å²) in [6.45, 7) is 0.359. The number of carbonyl (C=O) groups is 1. The first kappa shape index (κ1) is 14.3. The minimum Gasteiger partial charge on any atom is -0.394 e. The number of nitro groups is 1. The number of aliphatic hydroxyl groups excluding tert-OH is 1. The number of aliphatic hydroxyl groups is 1. The van der Waals surface area contributed by atoms with Crippen LogP contribution in [0.1, 0.15) is 29.6 Å². The lowest BCUT2D eigenvalue weighted by molar-refractivity contribution is -0.384. The van der Waals surface area contributed by atoms with E-state index in [1.807, 2.05) is 0 Å². The van der Waals surface area contributed by atoms with E-state index in [1.165, 1.54) is 23.1 Å². The molecule has 0 saturated carbocycles. The Labute approximate surface area is 116 Å². The third kappa shape index (κ3) is 2.57. The average molecular weight is 279 g/mol. The zero-order valence-corrected chi connectivity index (χ0v) is 11.0. The Kier molecular flexibility index (Phi) is 4.19. The van der Waals surface area contributed by atoms with Crippen molar-refractivity contribution in [3.8, 4) is 0 Å². The summed E-state index contributed by atoms with van der Waals surface area (Å²) in [6, 6.07) is 4.04. The number of nitrogens with two attached hydrogens (primary N) is 1. The summed E-state index contributed by atoms with van der Waals surface area (Å²) in [6.07, 6.45) is 2.48. The van der Waals surface area contributed by atoms with Crippen molar-refractivity contribution in [1.29, 1.82) is 0 Å². The number of benzene rings is 1. The van der Waals surface area contributed by atoms with Crippen molar-refractivity contribution < 1.29 is 14.8 Å². The van der Waals surface area contributed by atoms with Gasteiger partial charge >= 0.3 is 5.69 Å². The second-order valence-corrected chi connectivity index (χ2v) is 4.83. The maximum atomic E-state index is 12.5. The number of hydrogen-bond acceptors (Lipinski definition) is 5. The van der Waals surface area contributed by atoms with Crippen molar-refractivity contribution in [3.63, 3.8) is 0 Å². The second kappa shape index (κ2) is 5.87. The summed E-state index contributed by atoms with van der Waals surface area (Å²) >= 11 is 0. The molecule has 0 radical (unpaired) electrons. The van der Waals surface area contributed by atoms with Crippen LogP contribution in [0, 0.1) is 10.1 Å². The van der Waals surface area contributed by atoms with Crippen LogP contribution in [0.15, 0.2) is 18.2 Å². The fraction of sp³-hybridized carbons (Fsp3) is 0.462. The summed E-state index contributed by atoms with van der Waals surface area (Å²) in [5.41, 5.74) is 5.19. The van der Waals surface area contributed by atoms with Gasteiger partial charge < -0.3 is 15.7 Å². The van der Waals surface area contributed by atoms with E-state index in [0.717, 1.165) is 12.8 Å². The lowest BCUT2D eigenvalue weighted by Crippen LogP contribution is -2.45. The Hall–Kier alpha value is -2.15. The first-order valence-corrected chi connectivity index (χ1v) is 6.51. The van der Waals surface area contributed by atoms with E-state index in [4.69, 9.17) is 5.73 Å². The number of nitro benzene ring substituents is 1. The normalized spacial score (nSPS) is 18.9. The molecule has 1 aromatic rings. The van der Waals surface area contributed by atoms with Gasteiger partial charge in [0.2, 0.25) is 0 Å². The molecule has 0 bridgehead atoms. The summed E-state index contributed by atoms with van der Waals surface area (Å²) in [5.74, 6) is -0.442. The van der Waals surface area contributed by atoms with Gasteiger partial charge in [0.15, 0.2) is 0 Å². The van der Waals surface area contributed by atoms with Gasteiger partial charge in [0, 0.05) is 6.54 Å². The van der Waals surface area contributed by atoms with E-state index >= 15 is 0 Å². The summed E-state index contributed by atoms with van der Waals surface area (Å²) in [7, 11) is 0. The first-order valence-electron chi connectivity index (χ1n) is 6.51. The molecule has 1 aliphatic heterocycles. The molecule has 3 N–H and O–H groups in total. The molecule has 1 heterocycles. The lowest BCUT2D eigenvalue weighted by Gasteiger charge is -2.34. The number of carbonyl (C=O) groups excluding carboxylic acids is 1. The zero-order chi connectivity index (χ0) is 14.7. The van der Waals surface area contributed by atoms with E-state index in [-0.39, 0.29) is 29.6 Å². The van der Waals surface area contributed by atoms with Crippen LogP contribution in [0.2, 0.25) is 0 Å². The van der Waals surface area contributed by atoms with E-state index < -0.39 is 10.8 Å². The van der Waals surface area contributed by atoms with E-state index in [9.17, 15) is 20.0 Å². The Morgan fingerprint density at radius 3 is 2.90 bits per heavy atom. The number of nitrogens with zero attached hydrogens (tertiary/aromatic N) is 2. The van der Waals surface area contributed by atoms with Crippen LogP contribution in [0.25, 0.3) is 0 Å². The van der Waals surface area contributed by atoms with Gasteiger partial charge in [-0.15, -0.1) is 0 Å². The molecule has 20 heavy (non-hydrogen) atoms. The van der Waals surface area contributed by atoms with Gasteiger partial charge in [-0.05, 0) is 31.4 Å².